The van der Waals surface area contributed by atoms with Crippen molar-refractivity contribution in [1.29, 1.82) is 0 Å². The van der Waals surface area contributed by atoms with E-state index >= 15 is 0 Å². The highest BCUT2D eigenvalue weighted by atomic mass is 35.5. The summed E-state index contributed by atoms with van der Waals surface area (Å²) in [6.07, 6.45) is 6.12. The van der Waals surface area contributed by atoms with Gasteiger partial charge in [-0.25, -0.2) is 0 Å². The van der Waals surface area contributed by atoms with Gasteiger partial charge in [0, 0.05) is 10.9 Å². The minimum atomic E-state index is 0.102. The van der Waals surface area contributed by atoms with Crippen molar-refractivity contribution in [1.82, 2.24) is 5.32 Å². The predicted molar refractivity (Wildman–Crippen MR) is 72.7 cm³/mol. The summed E-state index contributed by atoms with van der Waals surface area (Å²) >= 11 is 7.93. The Morgan fingerprint density at radius 3 is 3.00 bits per heavy atom. The molecule has 1 aliphatic carbocycles. The zero-order valence-corrected chi connectivity index (χ0v) is 11.4. The smallest absolute Gasteiger partial charge is 0.225 e. The third kappa shape index (κ3) is 4.00. The van der Waals surface area contributed by atoms with E-state index in [1.54, 1.807) is 11.3 Å². The van der Waals surface area contributed by atoms with Crippen LogP contribution in [0.1, 0.15) is 37.0 Å². The molecule has 17 heavy (non-hydrogen) atoms. The number of halogens is 1. The Morgan fingerprint density at radius 2 is 2.24 bits per heavy atom. The molecule has 0 saturated heterocycles. The lowest BCUT2D eigenvalue weighted by atomic mass is 10.1. The molecule has 0 bridgehead atoms. The fourth-order valence-corrected chi connectivity index (χ4v) is 3.30. The Balaban J connectivity index is 1.84. The van der Waals surface area contributed by atoms with E-state index in [2.05, 4.69) is 5.32 Å². The Morgan fingerprint density at radius 1 is 1.41 bits per heavy atom. The van der Waals surface area contributed by atoms with E-state index in [-0.39, 0.29) is 17.3 Å². The third-order valence-corrected chi connectivity index (χ3v) is 4.59. The average Bonchev–Trinajstić information content (AvgIpc) is 2.71. The summed E-state index contributed by atoms with van der Waals surface area (Å²) < 4.78 is 0. The SMILES string of the molecule is O=C(Cc1cccs1)NC1CCCCCC1Cl. The average molecular weight is 272 g/mol. The van der Waals surface area contributed by atoms with Crippen molar-refractivity contribution in [2.75, 3.05) is 0 Å². The molecule has 0 aromatic carbocycles. The lowest BCUT2D eigenvalue weighted by Crippen LogP contribution is -2.41. The van der Waals surface area contributed by atoms with E-state index in [9.17, 15) is 4.79 Å². The van der Waals surface area contributed by atoms with E-state index in [0.717, 1.165) is 17.7 Å². The molecule has 2 nitrogen and oxygen atoms in total. The maximum Gasteiger partial charge on any atom is 0.225 e. The zero-order chi connectivity index (χ0) is 12.1. The van der Waals surface area contributed by atoms with Gasteiger partial charge in [-0.15, -0.1) is 22.9 Å². The van der Waals surface area contributed by atoms with Crippen LogP contribution in [0.25, 0.3) is 0 Å². The quantitative estimate of drug-likeness (QED) is 0.663. The molecule has 2 rings (SSSR count). The van der Waals surface area contributed by atoms with Crippen molar-refractivity contribution in [3.05, 3.63) is 22.4 Å². The zero-order valence-electron chi connectivity index (χ0n) is 9.82. The first-order valence-electron chi connectivity index (χ1n) is 6.21. The first kappa shape index (κ1) is 12.9. The molecule has 1 aromatic heterocycles. The summed E-state index contributed by atoms with van der Waals surface area (Å²) in [5.74, 6) is 0.102. The number of carbonyl (C=O) groups is 1. The number of carbonyl (C=O) groups excluding carboxylic acids is 1. The van der Waals surface area contributed by atoms with Crippen LogP contribution in [-0.4, -0.2) is 17.3 Å². The summed E-state index contributed by atoms with van der Waals surface area (Å²) in [5, 5.41) is 5.18. The first-order chi connectivity index (χ1) is 8.25. The van der Waals surface area contributed by atoms with Gasteiger partial charge in [-0.1, -0.05) is 25.3 Å². The number of amides is 1. The topological polar surface area (TPSA) is 29.1 Å². The van der Waals surface area contributed by atoms with Crippen molar-refractivity contribution in [3.63, 3.8) is 0 Å². The molecular weight excluding hydrogens is 254 g/mol. The van der Waals surface area contributed by atoms with Crippen LogP contribution in [0.15, 0.2) is 17.5 Å². The van der Waals surface area contributed by atoms with Crippen LogP contribution in [0.5, 0.6) is 0 Å². The van der Waals surface area contributed by atoms with Crippen molar-refractivity contribution < 1.29 is 4.79 Å². The lowest BCUT2D eigenvalue weighted by molar-refractivity contribution is -0.121. The van der Waals surface area contributed by atoms with Crippen LogP contribution in [0.2, 0.25) is 0 Å². The van der Waals surface area contributed by atoms with Crippen LogP contribution in [0.4, 0.5) is 0 Å². The second kappa shape index (κ2) is 6.41. The molecule has 0 radical (unpaired) electrons. The number of nitrogens with one attached hydrogen (secondary N) is 1. The van der Waals surface area contributed by atoms with Crippen molar-refractivity contribution in [2.24, 2.45) is 0 Å². The van der Waals surface area contributed by atoms with Gasteiger partial charge in [-0.3, -0.25) is 4.79 Å². The molecule has 1 aliphatic rings. The van der Waals surface area contributed by atoms with Crippen molar-refractivity contribution >= 4 is 28.8 Å². The third-order valence-electron chi connectivity index (χ3n) is 3.19. The Hall–Kier alpha value is -0.540. The Labute approximate surface area is 111 Å². The second-order valence-corrected chi connectivity index (χ2v) is 6.18. The molecule has 0 aliphatic heterocycles. The van der Waals surface area contributed by atoms with Gasteiger partial charge in [0.05, 0.1) is 11.8 Å². The summed E-state index contributed by atoms with van der Waals surface area (Å²) in [6, 6.07) is 4.13. The molecule has 0 spiro atoms. The number of rotatable bonds is 3. The molecule has 2 unspecified atom stereocenters. The molecule has 1 amide bonds. The normalized spacial score (nSPS) is 25.2. The molecule has 2 atom stereocenters. The monoisotopic (exact) mass is 271 g/mol. The van der Waals surface area contributed by atoms with E-state index in [1.165, 1.54) is 19.3 Å². The Bertz CT molecular complexity index is 352. The van der Waals surface area contributed by atoms with Crippen LogP contribution < -0.4 is 5.32 Å². The molecular formula is C13H18ClNOS. The molecule has 4 heteroatoms. The van der Waals surface area contributed by atoms with Gasteiger partial charge in [0.2, 0.25) is 5.91 Å². The fraction of sp³-hybridized carbons (Fsp3) is 0.615. The molecule has 1 aromatic rings. The number of alkyl halides is 1. The number of hydrogen-bond donors (Lipinski definition) is 1. The maximum atomic E-state index is 11.9. The van der Waals surface area contributed by atoms with Gasteiger partial charge in [0.1, 0.15) is 0 Å². The standard InChI is InChI=1S/C13H18ClNOS/c14-11-6-2-1-3-7-12(11)15-13(16)9-10-5-4-8-17-10/h4-5,8,11-12H,1-3,6-7,9H2,(H,15,16). The van der Waals surface area contributed by atoms with Crippen LogP contribution in [0.3, 0.4) is 0 Å². The van der Waals surface area contributed by atoms with E-state index in [4.69, 9.17) is 11.6 Å². The number of thiophene rings is 1. The molecule has 1 heterocycles. The highest BCUT2D eigenvalue weighted by molar-refractivity contribution is 7.10. The summed E-state index contributed by atoms with van der Waals surface area (Å²) in [7, 11) is 0. The number of hydrogen-bond acceptors (Lipinski definition) is 2. The van der Waals surface area contributed by atoms with Gasteiger partial charge in [0.25, 0.3) is 0 Å². The molecule has 1 fully saturated rings. The summed E-state index contributed by atoms with van der Waals surface area (Å²) in [4.78, 5) is 13.0. The molecule has 94 valence electrons. The summed E-state index contributed by atoms with van der Waals surface area (Å²) in [6.45, 7) is 0. The molecule has 1 N–H and O–H groups in total. The summed E-state index contributed by atoms with van der Waals surface area (Å²) in [5.41, 5.74) is 0. The maximum absolute atomic E-state index is 11.9. The van der Waals surface area contributed by atoms with E-state index < -0.39 is 0 Å². The van der Waals surface area contributed by atoms with Crippen molar-refractivity contribution in [3.8, 4) is 0 Å². The van der Waals surface area contributed by atoms with Gasteiger partial charge in [0.15, 0.2) is 0 Å². The predicted octanol–water partition coefficient (Wildman–Crippen LogP) is 3.35. The van der Waals surface area contributed by atoms with Gasteiger partial charge in [-0.2, -0.15) is 0 Å². The molecule has 1 saturated carbocycles. The van der Waals surface area contributed by atoms with Crippen LogP contribution >= 0.6 is 22.9 Å². The second-order valence-electron chi connectivity index (χ2n) is 4.58. The van der Waals surface area contributed by atoms with E-state index in [1.807, 2.05) is 17.5 Å². The van der Waals surface area contributed by atoms with Gasteiger partial charge in [-0.05, 0) is 24.3 Å². The van der Waals surface area contributed by atoms with Crippen molar-refractivity contribution in [2.45, 2.75) is 49.9 Å². The fourth-order valence-electron chi connectivity index (χ4n) is 2.25. The minimum Gasteiger partial charge on any atom is -0.352 e. The lowest BCUT2D eigenvalue weighted by Gasteiger charge is -2.20. The highest BCUT2D eigenvalue weighted by Crippen LogP contribution is 2.22. The first-order valence-corrected chi connectivity index (χ1v) is 7.53. The van der Waals surface area contributed by atoms with Gasteiger partial charge < -0.3 is 5.32 Å². The highest BCUT2D eigenvalue weighted by Gasteiger charge is 2.23. The largest absolute Gasteiger partial charge is 0.352 e. The van der Waals surface area contributed by atoms with Gasteiger partial charge >= 0.3 is 0 Å². The van der Waals surface area contributed by atoms with E-state index in [0.29, 0.717) is 6.42 Å². The Kier molecular flexibility index (Phi) is 4.86. The minimum absolute atomic E-state index is 0.102. The van der Waals surface area contributed by atoms with Crippen LogP contribution in [-0.2, 0) is 11.2 Å². The van der Waals surface area contributed by atoms with Crippen LogP contribution in [0, 0.1) is 0 Å².